The van der Waals surface area contributed by atoms with Gasteiger partial charge in [-0.05, 0) is 60.6 Å². The van der Waals surface area contributed by atoms with E-state index in [4.69, 9.17) is 0 Å². The van der Waals surface area contributed by atoms with E-state index in [1.165, 1.54) is 29.5 Å². The van der Waals surface area contributed by atoms with Crippen molar-refractivity contribution >= 4 is 5.69 Å². The number of aryl methyl sites for hydroxylation is 3. The van der Waals surface area contributed by atoms with E-state index in [2.05, 4.69) is 42.6 Å². The third-order valence-electron chi connectivity index (χ3n) is 4.02. The fraction of sp³-hybridized carbons (Fsp3) is 0.333. The summed E-state index contributed by atoms with van der Waals surface area (Å²) in [5, 5.41) is 13.6. The lowest BCUT2D eigenvalue weighted by molar-refractivity contribution is 0.191. The fourth-order valence-electron chi connectivity index (χ4n) is 2.89. The predicted octanol–water partition coefficient (Wildman–Crippen LogP) is 3.63. The van der Waals surface area contributed by atoms with Crippen LogP contribution >= 0.6 is 0 Å². The maximum atomic E-state index is 10.3. The van der Waals surface area contributed by atoms with E-state index in [-0.39, 0.29) is 0 Å². The van der Waals surface area contributed by atoms with Gasteiger partial charge in [-0.2, -0.15) is 0 Å². The lowest BCUT2D eigenvalue weighted by Crippen LogP contribution is -2.12. The molecule has 0 aromatic heterocycles. The molecule has 2 aromatic carbocycles. The van der Waals surface area contributed by atoms with E-state index in [0.29, 0.717) is 6.54 Å². The van der Waals surface area contributed by atoms with Crippen molar-refractivity contribution in [1.82, 2.24) is 0 Å². The van der Waals surface area contributed by atoms with Crippen molar-refractivity contribution < 1.29 is 5.11 Å². The van der Waals surface area contributed by atoms with Crippen molar-refractivity contribution in [2.45, 2.75) is 32.3 Å². The number of nitrogens with one attached hydrogen (secondary N) is 1. The number of aliphatic hydroxyl groups is 1. The quantitative estimate of drug-likeness (QED) is 0.886. The zero-order chi connectivity index (χ0) is 13.9. The van der Waals surface area contributed by atoms with Crippen LogP contribution in [0.3, 0.4) is 0 Å². The van der Waals surface area contributed by atoms with Crippen LogP contribution in [0.4, 0.5) is 5.69 Å². The summed E-state index contributed by atoms with van der Waals surface area (Å²) in [6.07, 6.45) is 3.13. The maximum Gasteiger partial charge on any atom is 0.0962 e. The van der Waals surface area contributed by atoms with E-state index in [1.807, 2.05) is 12.1 Å². The zero-order valence-corrected chi connectivity index (χ0v) is 11.9. The van der Waals surface area contributed by atoms with Crippen LogP contribution in [-0.4, -0.2) is 11.7 Å². The Balaban J connectivity index is 1.66. The molecule has 0 saturated carbocycles. The van der Waals surface area contributed by atoms with Crippen LogP contribution < -0.4 is 5.32 Å². The molecule has 0 spiro atoms. The van der Waals surface area contributed by atoms with Gasteiger partial charge in [0.05, 0.1) is 6.10 Å². The summed E-state index contributed by atoms with van der Waals surface area (Å²) in [7, 11) is 0. The van der Waals surface area contributed by atoms with Gasteiger partial charge in [-0.25, -0.2) is 0 Å². The summed E-state index contributed by atoms with van der Waals surface area (Å²) >= 11 is 0. The van der Waals surface area contributed by atoms with Crippen molar-refractivity contribution in [2.75, 3.05) is 11.9 Å². The van der Waals surface area contributed by atoms with E-state index >= 15 is 0 Å². The van der Waals surface area contributed by atoms with Crippen molar-refractivity contribution in [3.63, 3.8) is 0 Å². The molecule has 1 atom stereocenters. The summed E-state index contributed by atoms with van der Waals surface area (Å²) < 4.78 is 0. The number of benzene rings is 2. The first-order chi connectivity index (χ1) is 9.72. The van der Waals surface area contributed by atoms with Gasteiger partial charge in [0.25, 0.3) is 0 Å². The number of rotatable bonds is 4. The lowest BCUT2D eigenvalue weighted by Gasteiger charge is -2.14. The molecule has 1 aliphatic rings. The number of fused-ring (bicyclic) bond motifs is 1. The average molecular weight is 267 g/mol. The van der Waals surface area contributed by atoms with Gasteiger partial charge in [0, 0.05) is 12.2 Å². The Morgan fingerprint density at radius 3 is 2.80 bits per heavy atom. The number of hydrogen-bond donors (Lipinski definition) is 2. The molecule has 2 aromatic rings. The highest BCUT2D eigenvalue weighted by atomic mass is 16.3. The molecule has 0 saturated heterocycles. The molecule has 0 amide bonds. The molecular weight excluding hydrogens is 246 g/mol. The van der Waals surface area contributed by atoms with E-state index < -0.39 is 6.10 Å². The third kappa shape index (κ3) is 2.86. The number of hydrogen-bond acceptors (Lipinski definition) is 2. The highest BCUT2D eigenvalue weighted by Crippen LogP contribution is 2.25. The minimum atomic E-state index is -0.457. The topological polar surface area (TPSA) is 32.3 Å². The standard InChI is InChI=1S/C18H21NO/c1-13-4-2-7-17(10-13)19-12-18(20)16-9-8-14-5-3-6-15(14)11-16/h2,4,7-11,18-20H,3,5-6,12H2,1H3. The van der Waals surface area contributed by atoms with Crippen molar-refractivity contribution in [3.8, 4) is 0 Å². The van der Waals surface area contributed by atoms with E-state index in [0.717, 1.165) is 17.7 Å². The largest absolute Gasteiger partial charge is 0.387 e. The maximum absolute atomic E-state index is 10.3. The Labute approximate surface area is 120 Å². The number of aliphatic hydroxyl groups excluding tert-OH is 1. The SMILES string of the molecule is Cc1cccc(NCC(O)c2ccc3c(c2)CCC3)c1. The highest BCUT2D eigenvalue weighted by molar-refractivity contribution is 5.46. The van der Waals surface area contributed by atoms with Crippen molar-refractivity contribution in [2.24, 2.45) is 0 Å². The fourth-order valence-corrected chi connectivity index (χ4v) is 2.89. The second-order valence-electron chi connectivity index (χ2n) is 5.65. The van der Waals surface area contributed by atoms with Crippen LogP contribution in [0.15, 0.2) is 42.5 Å². The highest BCUT2D eigenvalue weighted by Gasteiger charge is 2.14. The van der Waals surface area contributed by atoms with Crippen LogP contribution in [0.2, 0.25) is 0 Å². The van der Waals surface area contributed by atoms with Crippen LogP contribution in [0.1, 0.15) is 34.8 Å². The Kier molecular flexibility index (Phi) is 3.75. The van der Waals surface area contributed by atoms with E-state index in [1.54, 1.807) is 0 Å². The normalized spacial score (nSPS) is 14.9. The Morgan fingerprint density at radius 2 is 1.95 bits per heavy atom. The predicted molar refractivity (Wildman–Crippen MR) is 83.1 cm³/mol. The van der Waals surface area contributed by atoms with E-state index in [9.17, 15) is 5.11 Å². The molecule has 104 valence electrons. The minimum absolute atomic E-state index is 0.457. The van der Waals surface area contributed by atoms with Crippen LogP contribution in [-0.2, 0) is 12.8 Å². The molecule has 3 rings (SSSR count). The minimum Gasteiger partial charge on any atom is -0.387 e. The third-order valence-corrected chi connectivity index (χ3v) is 4.02. The van der Waals surface area contributed by atoms with Gasteiger partial charge < -0.3 is 10.4 Å². The molecular formula is C18H21NO. The van der Waals surface area contributed by atoms with Gasteiger partial charge in [-0.3, -0.25) is 0 Å². The first kappa shape index (κ1) is 13.2. The van der Waals surface area contributed by atoms with Gasteiger partial charge in [-0.15, -0.1) is 0 Å². The molecule has 20 heavy (non-hydrogen) atoms. The first-order valence-electron chi connectivity index (χ1n) is 7.33. The average Bonchev–Trinajstić information content (AvgIpc) is 2.92. The Bertz CT molecular complexity index is 606. The van der Waals surface area contributed by atoms with Crippen LogP contribution in [0.5, 0.6) is 0 Å². The second kappa shape index (κ2) is 5.68. The van der Waals surface area contributed by atoms with Crippen LogP contribution in [0, 0.1) is 6.92 Å². The molecule has 0 bridgehead atoms. The van der Waals surface area contributed by atoms with Gasteiger partial charge in [0.2, 0.25) is 0 Å². The van der Waals surface area contributed by atoms with Gasteiger partial charge >= 0.3 is 0 Å². The summed E-state index contributed by atoms with van der Waals surface area (Å²) in [5.41, 5.74) is 6.17. The van der Waals surface area contributed by atoms with Gasteiger partial charge in [0.1, 0.15) is 0 Å². The summed E-state index contributed by atoms with van der Waals surface area (Å²) in [4.78, 5) is 0. The molecule has 1 aliphatic carbocycles. The first-order valence-corrected chi connectivity index (χ1v) is 7.33. The van der Waals surface area contributed by atoms with Crippen LogP contribution in [0.25, 0.3) is 0 Å². The summed E-state index contributed by atoms with van der Waals surface area (Å²) in [5.74, 6) is 0. The van der Waals surface area contributed by atoms with Gasteiger partial charge in [0.15, 0.2) is 0 Å². The Hall–Kier alpha value is -1.80. The summed E-state index contributed by atoms with van der Waals surface area (Å²) in [6, 6.07) is 14.6. The lowest BCUT2D eigenvalue weighted by atomic mass is 10.0. The monoisotopic (exact) mass is 267 g/mol. The molecule has 0 aliphatic heterocycles. The molecule has 1 unspecified atom stereocenters. The number of anilines is 1. The molecule has 0 heterocycles. The summed E-state index contributed by atoms with van der Waals surface area (Å²) in [6.45, 7) is 2.62. The smallest absolute Gasteiger partial charge is 0.0962 e. The second-order valence-corrected chi connectivity index (χ2v) is 5.65. The van der Waals surface area contributed by atoms with Gasteiger partial charge in [-0.1, -0.05) is 30.3 Å². The molecule has 2 nitrogen and oxygen atoms in total. The zero-order valence-electron chi connectivity index (χ0n) is 11.9. The van der Waals surface area contributed by atoms with Crippen molar-refractivity contribution in [1.29, 1.82) is 0 Å². The molecule has 0 fully saturated rings. The molecule has 2 N–H and O–H groups in total. The molecule has 2 heteroatoms. The van der Waals surface area contributed by atoms with Crippen molar-refractivity contribution in [3.05, 3.63) is 64.7 Å². The molecule has 0 radical (unpaired) electrons. The Morgan fingerprint density at radius 1 is 1.10 bits per heavy atom.